The number of sulfonamides is 1. The van der Waals surface area contributed by atoms with E-state index in [1.165, 1.54) is 19.1 Å². The van der Waals surface area contributed by atoms with E-state index in [0.717, 1.165) is 24.8 Å². The number of aliphatic imine (C=N–C) groups is 1. The predicted molar refractivity (Wildman–Crippen MR) is 115 cm³/mol. The van der Waals surface area contributed by atoms with Gasteiger partial charge < -0.3 is 10.6 Å². The molecule has 146 valence electrons. The maximum atomic E-state index is 11.4. The molecule has 8 heteroatoms. The summed E-state index contributed by atoms with van der Waals surface area (Å²) in [6.07, 6.45) is 4.67. The Kier molecular flexibility index (Phi) is 13.4. The summed E-state index contributed by atoms with van der Waals surface area (Å²) in [6.45, 7) is 13.4. The van der Waals surface area contributed by atoms with Crippen LogP contribution in [-0.2, 0) is 10.0 Å². The molecule has 0 aliphatic rings. The van der Waals surface area contributed by atoms with Crippen molar-refractivity contribution in [3.63, 3.8) is 0 Å². The van der Waals surface area contributed by atoms with Crippen molar-refractivity contribution in [1.29, 1.82) is 0 Å². The Labute approximate surface area is 166 Å². The predicted octanol–water partition coefficient (Wildman–Crippen LogP) is 2.70. The van der Waals surface area contributed by atoms with Gasteiger partial charge in [-0.1, -0.05) is 26.7 Å². The third kappa shape index (κ3) is 15.4. The van der Waals surface area contributed by atoms with E-state index in [4.69, 9.17) is 0 Å². The highest BCUT2D eigenvalue weighted by Gasteiger charge is 2.22. The molecular weight excluding hydrogens is 439 g/mol. The highest BCUT2D eigenvalue weighted by Crippen LogP contribution is 2.08. The highest BCUT2D eigenvalue weighted by atomic mass is 127. The summed E-state index contributed by atoms with van der Waals surface area (Å²) in [5.74, 6) is 1.46. The van der Waals surface area contributed by atoms with E-state index in [0.29, 0.717) is 12.6 Å². The van der Waals surface area contributed by atoms with Gasteiger partial charge in [0.05, 0.1) is 12.8 Å². The zero-order valence-corrected chi connectivity index (χ0v) is 19.4. The molecule has 3 N–H and O–H groups in total. The Bertz CT molecular complexity index is 465. The first kappa shape index (κ1) is 26.1. The van der Waals surface area contributed by atoms with Gasteiger partial charge >= 0.3 is 0 Å². The second kappa shape index (κ2) is 12.3. The fraction of sp³-hybridized carbons (Fsp3) is 0.938. The number of hydrogen-bond donors (Lipinski definition) is 3. The van der Waals surface area contributed by atoms with Crippen LogP contribution in [0.15, 0.2) is 4.99 Å². The lowest BCUT2D eigenvalue weighted by molar-refractivity contribution is 0.461. The first-order chi connectivity index (χ1) is 10.4. The Morgan fingerprint density at radius 1 is 1.17 bits per heavy atom. The van der Waals surface area contributed by atoms with E-state index in [1.54, 1.807) is 0 Å². The minimum absolute atomic E-state index is 0. The monoisotopic (exact) mass is 476 g/mol. The lowest BCUT2D eigenvalue weighted by Gasteiger charge is -2.24. The van der Waals surface area contributed by atoms with E-state index in [2.05, 4.69) is 41.1 Å². The number of nitrogens with zero attached hydrogens (tertiary/aromatic N) is 1. The van der Waals surface area contributed by atoms with E-state index in [-0.39, 0.29) is 24.0 Å². The van der Waals surface area contributed by atoms with Crippen molar-refractivity contribution >= 4 is 40.0 Å². The molecule has 0 aromatic rings. The molecule has 1 unspecified atom stereocenters. The van der Waals surface area contributed by atoms with Crippen molar-refractivity contribution in [1.82, 2.24) is 15.4 Å². The van der Waals surface area contributed by atoms with Crippen molar-refractivity contribution in [3.05, 3.63) is 0 Å². The molecule has 0 aromatic heterocycles. The van der Waals surface area contributed by atoms with Gasteiger partial charge in [-0.3, -0.25) is 4.99 Å². The first-order valence-corrected chi connectivity index (χ1v) is 10.4. The fourth-order valence-corrected chi connectivity index (χ4v) is 3.34. The van der Waals surface area contributed by atoms with Crippen LogP contribution in [0.1, 0.15) is 60.8 Å². The third-order valence-electron chi connectivity index (χ3n) is 3.24. The van der Waals surface area contributed by atoms with Crippen LogP contribution < -0.4 is 15.4 Å². The van der Waals surface area contributed by atoms with Gasteiger partial charge in [0.1, 0.15) is 0 Å². The molecule has 24 heavy (non-hydrogen) atoms. The normalized spacial score (nSPS) is 14.2. The van der Waals surface area contributed by atoms with Gasteiger partial charge in [-0.25, -0.2) is 13.1 Å². The SMILES string of the molecule is CCNC(=NCC(C)(C)NS(C)(=O)=O)NC(C)CCCC(C)C.I. The molecule has 0 rings (SSSR count). The average Bonchev–Trinajstić information content (AvgIpc) is 2.33. The summed E-state index contributed by atoms with van der Waals surface area (Å²) in [6, 6.07) is 0.331. The van der Waals surface area contributed by atoms with E-state index in [9.17, 15) is 8.42 Å². The van der Waals surface area contributed by atoms with Crippen molar-refractivity contribution in [2.24, 2.45) is 10.9 Å². The smallest absolute Gasteiger partial charge is 0.209 e. The van der Waals surface area contributed by atoms with Gasteiger partial charge in [-0.2, -0.15) is 0 Å². The van der Waals surface area contributed by atoms with Crippen molar-refractivity contribution in [2.45, 2.75) is 72.4 Å². The molecule has 0 saturated carbocycles. The Balaban J connectivity index is 0. The van der Waals surface area contributed by atoms with Crippen molar-refractivity contribution in [3.8, 4) is 0 Å². The summed E-state index contributed by atoms with van der Waals surface area (Å²) in [5.41, 5.74) is -0.614. The van der Waals surface area contributed by atoms with Crippen LogP contribution in [0, 0.1) is 5.92 Å². The molecule has 0 bridgehead atoms. The standard InChI is InChI=1S/C16H36N4O2S.HI/c1-8-17-15(19-14(4)11-9-10-13(2)3)18-12-16(5,6)20-23(7,21)22;/h13-14,20H,8-12H2,1-7H3,(H2,17,18,19);1H. The maximum absolute atomic E-state index is 11.4. The third-order valence-corrected chi connectivity index (χ3v) is 4.16. The fourth-order valence-electron chi connectivity index (χ4n) is 2.27. The molecule has 0 amide bonds. The van der Waals surface area contributed by atoms with Gasteiger partial charge in [0.25, 0.3) is 0 Å². The van der Waals surface area contributed by atoms with Crippen LogP contribution in [0.2, 0.25) is 0 Å². The zero-order valence-electron chi connectivity index (χ0n) is 16.3. The maximum Gasteiger partial charge on any atom is 0.209 e. The highest BCUT2D eigenvalue weighted by molar-refractivity contribution is 14.0. The lowest BCUT2D eigenvalue weighted by Crippen LogP contribution is -2.47. The Hall–Kier alpha value is -0.0900. The molecular formula is C16H37IN4O2S. The molecule has 0 aliphatic carbocycles. The Morgan fingerprint density at radius 2 is 1.75 bits per heavy atom. The summed E-state index contributed by atoms with van der Waals surface area (Å²) >= 11 is 0. The minimum atomic E-state index is -3.25. The van der Waals surface area contributed by atoms with Crippen LogP contribution >= 0.6 is 24.0 Å². The van der Waals surface area contributed by atoms with Gasteiger partial charge in [0.15, 0.2) is 5.96 Å². The van der Waals surface area contributed by atoms with Gasteiger partial charge in [0, 0.05) is 18.1 Å². The van der Waals surface area contributed by atoms with E-state index in [1.807, 2.05) is 20.8 Å². The molecule has 0 heterocycles. The Morgan fingerprint density at radius 3 is 2.21 bits per heavy atom. The van der Waals surface area contributed by atoms with Crippen molar-refractivity contribution in [2.75, 3.05) is 19.3 Å². The number of nitrogens with one attached hydrogen (secondary N) is 3. The van der Waals surface area contributed by atoms with Crippen LogP contribution in [-0.4, -0.2) is 45.3 Å². The lowest BCUT2D eigenvalue weighted by atomic mass is 10.0. The quantitative estimate of drug-likeness (QED) is 0.257. The largest absolute Gasteiger partial charge is 0.357 e. The molecule has 6 nitrogen and oxygen atoms in total. The second-order valence-electron chi connectivity index (χ2n) is 7.32. The summed E-state index contributed by atoms with van der Waals surface area (Å²) in [4.78, 5) is 4.52. The molecule has 0 spiro atoms. The van der Waals surface area contributed by atoms with Crippen molar-refractivity contribution < 1.29 is 8.42 Å². The summed E-state index contributed by atoms with van der Waals surface area (Å²) in [7, 11) is -3.25. The van der Waals surface area contributed by atoms with E-state index < -0.39 is 15.6 Å². The van der Waals surface area contributed by atoms with Gasteiger partial charge in [-0.05, 0) is 40.0 Å². The minimum Gasteiger partial charge on any atom is -0.357 e. The van der Waals surface area contributed by atoms with Gasteiger partial charge in [0.2, 0.25) is 10.0 Å². The zero-order chi connectivity index (χ0) is 18.1. The number of guanidine groups is 1. The van der Waals surface area contributed by atoms with Crippen LogP contribution in [0.4, 0.5) is 0 Å². The molecule has 1 atom stereocenters. The number of halogens is 1. The van der Waals surface area contributed by atoms with E-state index >= 15 is 0 Å². The van der Waals surface area contributed by atoms with Crippen LogP contribution in [0.25, 0.3) is 0 Å². The molecule has 0 fully saturated rings. The topological polar surface area (TPSA) is 82.6 Å². The molecule has 0 radical (unpaired) electrons. The first-order valence-electron chi connectivity index (χ1n) is 8.49. The number of hydrogen-bond acceptors (Lipinski definition) is 3. The second-order valence-corrected chi connectivity index (χ2v) is 9.07. The average molecular weight is 476 g/mol. The molecule has 0 aliphatic heterocycles. The molecule has 0 aromatic carbocycles. The summed E-state index contributed by atoms with van der Waals surface area (Å²) < 4.78 is 25.4. The van der Waals surface area contributed by atoms with Crippen LogP contribution in [0.5, 0.6) is 0 Å². The summed E-state index contributed by atoms with van der Waals surface area (Å²) in [5, 5.41) is 6.60. The number of rotatable bonds is 10. The molecule has 0 saturated heterocycles. The van der Waals surface area contributed by atoms with Crippen LogP contribution in [0.3, 0.4) is 0 Å². The van der Waals surface area contributed by atoms with Gasteiger partial charge in [-0.15, -0.1) is 24.0 Å².